The van der Waals surface area contributed by atoms with Crippen molar-refractivity contribution in [1.82, 2.24) is 14.5 Å². The Bertz CT molecular complexity index is 877. The molecule has 0 radical (unpaired) electrons. The number of benzene rings is 1. The Kier molecular flexibility index (Phi) is 5.36. The number of carbonyl (C=O) groups excluding carboxylic acids is 1. The fraction of sp³-hybridized carbons (Fsp3) is 0.565. The molecule has 0 saturated carbocycles. The molecular formula is C23H31FN4O. The van der Waals surface area contributed by atoms with Gasteiger partial charge in [0.25, 0.3) is 0 Å². The molecule has 2 aliphatic heterocycles. The summed E-state index contributed by atoms with van der Waals surface area (Å²) in [6.07, 6.45) is 8.05. The first-order valence-electron chi connectivity index (χ1n) is 10.7. The van der Waals surface area contributed by atoms with Crippen LogP contribution in [0.15, 0.2) is 36.7 Å². The van der Waals surface area contributed by atoms with Crippen LogP contribution in [0.25, 0.3) is 0 Å². The van der Waals surface area contributed by atoms with Crippen LogP contribution in [0.5, 0.6) is 0 Å². The van der Waals surface area contributed by atoms with Gasteiger partial charge in [0.05, 0.1) is 12.1 Å². The Hall–Kier alpha value is -2.37. The van der Waals surface area contributed by atoms with E-state index in [1.165, 1.54) is 6.07 Å². The van der Waals surface area contributed by atoms with E-state index in [9.17, 15) is 9.18 Å². The molecule has 2 saturated heterocycles. The van der Waals surface area contributed by atoms with Crippen LogP contribution in [-0.4, -0.2) is 44.5 Å². The van der Waals surface area contributed by atoms with E-state index in [2.05, 4.69) is 40.1 Å². The monoisotopic (exact) mass is 398 g/mol. The molecule has 5 nitrogen and oxygen atoms in total. The van der Waals surface area contributed by atoms with Gasteiger partial charge in [0.15, 0.2) is 0 Å². The molecule has 3 heterocycles. The maximum Gasteiger partial charge on any atom is 0.224 e. The van der Waals surface area contributed by atoms with Crippen LogP contribution in [0, 0.1) is 5.82 Å². The second kappa shape index (κ2) is 7.81. The maximum absolute atomic E-state index is 13.9. The van der Waals surface area contributed by atoms with Crippen molar-refractivity contribution >= 4 is 11.6 Å². The molecule has 1 aromatic heterocycles. The molecular weight excluding hydrogens is 367 g/mol. The molecule has 2 fully saturated rings. The highest BCUT2D eigenvalue weighted by Gasteiger charge is 2.50. The first-order chi connectivity index (χ1) is 13.9. The maximum atomic E-state index is 13.9. The number of halogens is 1. The van der Waals surface area contributed by atoms with Crippen LogP contribution >= 0.6 is 0 Å². The van der Waals surface area contributed by atoms with E-state index in [1.807, 2.05) is 12.3 Å². The number of likely N-dealkylation sites (tertiary alicyclic amines) is 1. The SMILES string of the molecule is CCc1nccn1CCC(=O)N1CCC[C@H]2[C@@H]1CC(C)(C)N2c1cccc(F)c1. The fourth-order valence-corrected chi connectivity index (χ4v) is 5.34. The standard InChI is InChI=1S/C23H31FN4O/c1-4-21-25-11-14-26(21)13-10-22(29)27-12-6-9-19-20(27)16-23(2,3)28(19)18-8-5-7-17(24)15-18/h5,7-8,11,14-15,19-20H,4,6,9-10,12-13,16H2,1-3H3/t19-,20-/m0/s1. The van der Waals surface area contributed by atoms with Crippen LogP contribution in [0.3, 0.4) is 0 Å². The highest BCUT2D eigenvalue weighted by Crippen LogP contribution is 2.43. The van der Waals surface area contributed by atoms with Crippen LogP contribution in [0.1, 0.15) is 52.3 Å². The van der Waals surface area contributed by atoms with E-state index in [-0.39, 0.29) is 29.3 Å². The minimum absolute atomic E-state index is 0.119. The average Bonchev–Trinajstić information content (AvgIpc) is 3.25. The van der Waals surface area contributed by atoms with Gasteiger partial charge in [-0.05, 0) is 51.3 Å². The summed E-state index contributed by atoms with van der Waals surface area (Å²) < 4.78 is 16.0. The van der Waals surface area contributed by atoms with E-state index in [4.69, 9.17) is 0 Å². The molecule has 1 amide bonds. The molecule has 2 aromatic rings. The van der Waals surface area contributed by atoms with Gasteiger partial charge in [-0.3, -0.25) is 4.79 Å². The number of fused-ring (bicyclic) bond motifs is 1. The third-order valence-corrected chi connectivity index (χ3v) is 6.53. The van der Waals surface area contributed by atoms with Crippen molar-refractivity contribution in [3.8, 4) is 0 Å². The number of aromatic nitrogens is 2. The Labute approximate surface area is 172 Å². The minimum Gasteiger partial charge on any atom is -0.361 e. The Balaban J connectivity index is 1.51. The molecule has 0 spiro atoms. The van der Waals surface area contributed by atoms with Crippen molar-refractivity contribution < 1.29 is 9.18 Å². The second-order valence-electron chi connectivity index (χ2n) is 8.87. The number of anilines is 1. The summed E-state index contributed by atoms with van der Waals surface area (Å²) in [7, 11) is 0. The lowest BCUT2D eigenvalue weighted by atomic mass is 9.94. The molecule has 0 aliphatic carbocycles. The smallest absolute Gasteiger partial charge is 0.224 e. The van der Waals surface area contributed by atoms with Gasteiger partial charge in [0, 0.05) is 49.6 Å². The van der Waals surface area contributed by atoms with E-state index >= 15 is 0 Å². The third kappa shape index (κ3) is 3.77. The summed E-state index contributed by atoms with van der Waals surface area (Å²) in [6.45, 7) is 7.98. The van der Waals surface area contributed by atoms with Crippen molar-refractivity contribution in [3.05, 3.63) is 48.3 Å². The molecule has 2 aliphatic rings. The fourth-order valence-electron chi connectivity index (χ4n) is 5.34. The number of aryl methyl sites for hydroxylation is 2. The number of carbonyl (C=O) groups is 1. The van der Waals surface area contributed by atoms with Crippen molar-refractivity contribution in [2.75, 3.05) is 11.4 Å². The highest BCUT2D eigenvalue weighted by atomic mass is 19.1. The molecule has 1 aromatic carbocycles. The Morgan fingerprint density at radius 3 is 2.90 bits per heavy atom. The molecule has 2 atom stereocenters. The molecule has 29 heavy (non-hydrogen) atoms. The van der Waals surface area contributed by atoms with Gasteiger partial charge in [-0.1, -0.05) is 13.0 Å². The van der Waals surface area contributed by atoms with Crippen molar-refractivity contribution in [1.29, 1.82) is 0 Å². The quantitative estimate of drug-likeness (QED) is 0.764. The predicted molar refractivity (Wildman–Crippen MR) is 112 cm³/mol. The number of imidazole rings is 1. The molecule has 0 N–H and O–H groups in total. The zero-order valence-corrected chi connectivity index (χ0v) is 17.6. The van der Waals surface area contributed by atoms with Gasteiger partial charge in [0.2, 0.25) is 5.91 Å². The Morgan fingerprint density at radius 1 is 1.31 bits per heavy atom. The first kappa shape index (κ1) is 19.9. The van der Waals surface area contributed by atoms with Gasteiger partial charge in [-0.25, -0.2) is 9.37 Å². The molecule has 0 unspecified atom stereocenters. The van der Waals surface area contributed by atoms with Crippen molar-refractivity contribution in [2.45, 2.75) is 77.0 Å². The molecule has 0 bridgehead atoms. The Morgan fingerprint density at radius 2 is 2.14 bits per heavy atom. The summed E-state index contributed by atoms with van der Waals surface area (Å²) in [4.78, 5) is 22.0. The lowest BCUT2D eigenvalue weighted by molar-refractivity contribution is -0.135. The van der Waals surface area contributed by atoms with Gasteiger partial charge >= 0.3 is 0 Å². The number of hydrogen-bond acceptors (Lipinski definition) is 3. The van der Waals surface area contributed by atoms with Crippen LogP contribution in [0.2, 0.25) is 0 Å². The number of nitrogens with zero attached hydrogens (tertiary/aromatic N) is 4. The van der Waals surface area contributed by atoms with Gasteiger partial charge in [-0.2, -0.15) is 0 Å². The topological polar surface area (TPSA) is 41.4 Å². The second-order valence-corrected chi connectivity index (χ2v) is 8.87. The van der Waals surface area contributed by atoms with Crippen LogP contribution < -0.4 is 4.90 Å². The molecule has 6 heteroatoms. The summed E-state index contributed by atoms with van der Waals surface area (Å²) in [5, 5.41) is 0. The normalized spacial score (nSPS) is 23.3. The number of piperidine rings is 1. The van der Waals surface area contributed by atoms with Gasteiger partial charge in [-0.15, -0.1) is 0 Å². The van der Waals surface area contributed by atoms with E-state index in [0.717, 1.165) is 43.7 Å². The van der Waals surface area contributed by atoms with Gasteiger partial charge < -0.3 is 14.4 Å². The van der Waals surface area contributed by atoms with Crippen LogP contribution in [0.4, 0.5) is 10.1 Å². The summed E-state index contributed by atoms with van der Waals surface area (Å²) in [5.74, 6) is 1.03. The lowest BCUT2D eigenvalue weighted by Crippen LogP contribution is -2.53. The molecule has 156 valence electrons. The van der Waals surface area contributed by atoms with Gasteiger partial charge in [0.1, 0.15) is 11.6 Å². The molecule has 4 rings (SSSR count). The number of hydrogen-bond donors (Lipinski definition) is 0. The highest BCUT2D eigenvalue weighted by molar-refractivity contribution is 5.77. The van der Waals surface area contributed by atoms with E-state index in [1.54, 1.807) is 18.3 Å². The van der Waals surface area contributed by atoms with E-state index in [0.29, 0.717) is 13.0 Å². The predicted octanol–water partition coefficient (Wildman–Crippen LogP) is 4.02. The minimum atomic E-state index is -0.211. The zero-order valence-electron chi connectivity index (χ0n) is 17.6. The van der Waals surface area contributed by atoms with Crippen LogP contribution in [-0.2, 0) is 17.8 Å². The third-order valence-electron chi connectivity index (χ3n) is 6.53. The lowest BCUT2D eigenvalue weighted by Gasteiger charge is -2.42. The largest absolute Gasteiger partial charge is 0.361 e. The van der Waals surface area contributed by atoms with E-state index < -0.39 is 0 Å². The number of rotatable bonds is 5. The first-order valence-corrected chi connectivity index (χ1v) is 10.7. The number of amides is 1. The summed E-state index contributed by atoms with van der Waals surface area (Å²) in [6, 6.07) is 7.29. The summed E-state index contributed by atoms with van der Waals surface area (Å²) in [5.41, 5.74) is 0.800. The summed E-state index contributed by atoms with van der Waals surface area (Å²) >= 11 is 0. The van der Waals surface area contributed by atoms with Crippen molar-refractivity contribution in [2.24, 2.45) is 0 Å². The average molecular weight is 399 g/mol. The zero-order chi connectivity index (χ0) is 20.6. The van der Waals surface area contributed by atoms with Crippen molar-refractivity contribution in [3.63, 3.8) is 0 Å².